The van der Waals surface area contributed by atoms with E-state index in [4.69, 9.17) is 4.98 Å². The van der Waals surface area contributed by atoms with E-state index in [9.17, 15) is 31.1 Å². The van der Waals surface area contributed by atoms with E-state index in [2.05, 4.69) is 54.8 Å². The van der Waals surface area contributed by atoms with Gasteiger partial charge in [0.05, 0.1) is 11.1 Å². The van der Waals surface area contributed by atoms with E-state index in [1.165, 1.54) is 17.3 Å². The Balaban J connectivity index is 0.000000314. The van der Waals surface area contributed by atoms with Gasteiger partial charge in [-0.25, -0.2) is 4.98 Å². The van der Waals surface area contributed by atoms with Crippen LogP contribution in [0.15, 0.2) is 73.4 Å². The quantitative estimate of drug-likeness (QED) is 0.214. The molecule has 1 aromatic heterocycles. The SMILES string of the molecule is C=CN(CCC)Cc1cc(C(F)(F)F)cc(C(F)(F)F)c1.CC.CCCc1cc(-c2ccccc2)cc(N2CCN(C(C)=O)CC2)n1. The molecule has 0 unspecified atom stereocenters. The number of rotatable bonds is 9. The van der Waals surface area contributed by atoms with E-state index in [1.54, 1.807) is 11.8 Å². The number of hydrogen-bond donors (Lipinski definition) is 0. The third-order valence-corrected chi connectivity index (χ3v) is 7.33. The number of benzene rings is 2. The highest BCUT2D eigenvalue weighted by Gasteiger charge is 2.37. The summed E-state index contributed by atoms with van der Waals surface area (Å²) in [7, 11) is 0. The second kappa shape index (κ2) is 18.4. The van der Waals surface area contributed by atoms with Gasteiger partial charge in [0.15, 0.2) is 0 Å². The second-order valence-corrected chi connectivity index (χ2v) is 10.9. The van der Waals surface area contributed by atoms with Crippen LogP contribution in [-0.4, -0.2) is 53.4 Å². The summed E-state index contributed by atoms with van der Waals surface area (Å²) in [6.07, 6.45) is -5.46. The molecule has 0 atom stereocenters. The van der Waals surface area contributed by atoms with E-state index < -0.39 is 23.5 Å². The van der Waals surface area contributed by atoms with Crippen molar-refractivity contribution >= 4 is 11.7 Å². The van der Waals surface area contributed by atoms with Gasteiger partial charge < -0.3 is 14.7 Å². The standard InChI is InChI=1S/C20H25N3O.C14H15F6N.C2H6/c1-3-7-19-14-18(17-8-5-4-6-9-17)15-20(21-19)23-12-10-22(11-13-23)16(2)24;1-3-5-21(4-2)9-10-6-11(13(15,16)17)8-12(7-10)14(18,19)20;1-2/h4-6,8-9,14-15H,3,7,10-13H2,1-2H3;4,6-8H,2-3,5,9H2,1H3;1-2H3. The molecule has 0 saturated carbocycles. The molecule has 0 radical (unpaired) electrons. The highest BCUT2D eigenvalue weighted by atomic mass is 19.4. The number of hydrogen-bond acceptors (Lipinski definition) is 4. The Morgan fingerprint density at radius 2 is 1.43 bits per heavy atom. The minimum Gasteiger partial charge on any atom is -0.374 e. The molecule has 0 aliphatic carbocycles. The number of halogens is 6. The van der Waals surface area contributed by atoms with Crippen molar-refractivity contribution in [3.8, 4) is 11.1 Å². The molecule has 1 fully saturated rings. The number of alkyl halides is 6. The lowest BCUT2D eigenvalue weighted by Crippen LogP contribution is -2.48. The monoisotopic (exact) mass is 664 g/mol. The van der Waals surface area contributed by atoms with Crippen LogP contribution in [-0.2, 0) is 30.1 Å². The molecule has 4 rings (SSSR count). The number of pyridine rings is 1. The lowest BCUT2D eigenvalue weighted by molar-refractivity contribution is -0.143. The van der Waals surface area contributed by atoms with E-state index in [0.29, 0.717) is 13.0 Å². The summed E-state index contributed by atoms with van der Waals surface area (Å²) in [6.45, 7) is 16.9. The first-order valence-corrected chi connectivity index (χ1v) is 16.0. The fourth-order valence-electron chi connectivity index (χ4n) is 5.03. The number of carbonyl (C=O) groups excluding carboxylic acids is 1. The number of nitrogens with zero attached hydrogens (tertiary/aromatic N) is 4. The van der Waals surface area contributed by atoms with Crippen LogP contribution in [0.3, 0.4) is 0 Å². The fraction of sp³-hybridized carbons (Fsp3) is 0.444. The van der Waals surface area contributed by atoms with Gasteiger partial charge in [0.2, 0.25) is 5.91 Å². The lowest BCUT2D eigenvalue weighted by Gasteiger charge is -2.35. The lowest BCUT2D eigenvalue weighted by atomic mass is 10.0. The van der Waals surface area contributed by atoms with Crippen LogP contribution in [0.25, 0.3) is 11.1 Å². The number of anilines is 1. The van der Waals surface area contributed by atoms with Crippen molar-refractivity contribution < 1.29 is 31.1 Å². The van der Waals surface area contributed by atoms with Crippen molar-refractivity contribution in [1.29, 1.82) is 0 Å². The summed E-state index contributed by atoms with van der Waals surface area (Å²) in [5.41, 5.74) is 0.938. The van der Waals surface area contributed by atoms with Gasteiger partial charge >= 0.3 is 12.4 Å². The molecular formula is C36H46F6N4O. The maximum absolute atomic E-state index is 12.7. The van der Waals surface area contributed by atoms with Crippen LogP contribution < -0.4 is 4.90 Å². The molecule has 0 N–H and O–H groups in total. The molecule has 0 spiro atoms. The molecule has 1 aliphatic rings. The first kappa shape index (κ1) is 39.2. The van der Waals surface area contributed by atoms with E-state index >= 15 is 0 Å². The zero-order valence-electron chi connectivity index (χ0n) is 27.9. The average Bonchev–Trinajstić information content (AvgIpc) is 3.05. The van der Waals surface area contributed by atoms with Crippen molar-refractivity contribution in [3.63, 3.8) is 0 Å². The fourth-order valence-corrected chi connectivity index (χ4v) is 5.03. The maximum Gasteiger partial charge on any atom is 0.416 e. The smallest absolute Gasteiger partial charge is 0.374 e. The van der Waals surface area contributed by atoms with Gasteiger partial charge in [-0.05, 0) is 66.1 Å². The van der Waals surface area contributed by atoms with Crippen molar-refractivity contribution in [2.45, 2.75) is 72.8 Å². The minimum atomic E-state index is -4.82. The number of amides is 1. The summed E-state index contributed by atoms with van der Waals surface area (Å²) in [6, 6.07) is 16.4. The number of piperazine rings is 1. The molecular weight excluding hydrogens is 618 g/mol. The molecule has 11 heteroatoms. The highest BCUT2D eigenvalue weighted by Crippen LogP contribution is 2.36. The number of carbonyl (C=O) groups is 1. The van der Waals surface area contributed by atoms with Gasteiger partial charge in [-0.1, -0.05) is 71.0 Å². The third-order valence-electron chi connectivity index (χ3n) is 7.33. The Morgan fingerprint density at radius 3 is 1.89 bits per heavy atom. The van der Waals surface area contributed by atoms with Crippen molar-refractivity contribution in [3.05, 3.63) is 95.8 Å². The zero-order chi connectivity index (χ0) is 35.2. The molecule has 3 aromatic rings. The van der Waals surface area contributed by atoms with Crippen LogP contribution in [0.5, 0.6) is 0 Å². The molecule has 1 aliphatic heterocycles. The van der Waals surface area contributed by atoms with Crippen molar-refractivity contribution in [2.24, 2.45) is 0 Å². The highest BCUT2D eigenvalue weighted by molar-refractivity contribution is 5.73. The Bertz CT molecular complexity index is 1370. The van der Waals surface area contributed by atoms with Crippen LogP contribution in [0.4, 0.5) is 32.2 Å². The number of aryl methyl sites for hydroxylation is 1. The van der Waals surface area contributed by atoms with E-state index in [1.807, 2.05) is 31.7 Å². The minimum absolute atomic E-state index is 0.0505. The Labute approximate surface area is 274 Å². The van der Waals surface area contributed by atoms with Crippen LogP contribution >= 0.6 is 0 Å². The Morgan fingerprint density at radius 1 is 0.851 bits per heavy atom. The van der Waals surface area contributed by atoms with Gasteiger partial charge in [-0.2, -0.15) is 26.3 Å². The molecule has 0 bridgehead atoms. The summed E-state index contributed by atoms with van der Waals surface area (Å²) < 4.78 is 76.2. The first-order chi connectivity index (χ1) is 22.2. The predicted molar refractivity (Wildman–Crippen MR) is 177 cm³/mol. The normalized spacial score (nSPS) is 13.2. The Hall–Kier alpha value is -4.02. The summed E-state index contributed by atoms with van der Waals surface area (Å²) in [5.74, 6) is 1.19. The van der Waals surface area contributed by atoms with Crippen molar-refractivity contribution in [2.75, 3.05) is 37.6 Å². The van der Waals surface area contributed by atoms with Gasteiger partial charge in [0.25, 0.3) is 0 Å². The molecule has 2 aromatic carbocycles. The molecule has 2 heterocycles. The van der Waals surface area contributed by atoms with Crippen LogP contribution in [0, 0.1) is 0 Å². The summed E-state index contributed by atoms with van der Waals surface area (Å²) >= 11 is 0. The van der Waals surface area contributed by atoms with Gasteiger partial charge in [-0.3, -0.25) is 4.79 Å². The zero-order valence-corrected chi connectivity index (χ0v) is 27.9. The summed E-state index contributed by atoms with van der Waals surface area (Å²) in [4.78, 5) is 22.1. The van der Waals surface area contributed by atoms with Gasteiger partial charge in [0.1, 0.15) is 5.82 Å². The average molecular weight is 665 g/mol. The summed E-state index contributed by atoms with van der Waals surface area (Å²) in [5, 5.41) is 0. The second-order valence-electron chi connectivity index (χ2n) is 10.9. The van der Waals surface area contributed by atoms with E-state index in [-0.39, 0.29) is 24.1 Å². The molecule has 258 valence electrons. The third kappa shape index (κ3) is 12.3. The molecule has 47 heavy (non-hydrogen) atoms. The molecule has 1 amide bonds. The predicted octanol–water partition coefficient (Wildman–Crippen LogP) is 9.48. The Kier molecular flexibility index (Phi) is 15.3. The van der Waals surface area contributed by atoms with Gasteiger partial charge in [-0.15, -0.1) is 0 Å². The molecule has 1 saturated heterocycles. The maximum atomic E-state index is 12.7. The first-order valence-electron chi connectivity index (χ1n) is 16.0. The largest absolute Gasteiger partial charge is 0.416 e. The van der Waals surface area contributed by atoms with Crippen molar-refractivity contribution in [1.82, 2.24) is 14.8 Å². The van der Waals surface area contributed by atoms with Gasteiger partial charge in [0, 0.05) is 51.9 Å². The number of aromatic nitrogens is 1. The van der Waals surface area contributed by atoms with Crippen LogP contribution in [0.1, 0.15) is 69.8 Å². The van der Waals surface area contributed by atoms with E-state index in [0.717, 1.165) is 62.7 Å². The van der Waals surface area contributed by atoms with Crippen LogP contribution in [0.2, 0.25) is 0 Å². The molecule has 5 nitrogen and oxygen atoms in total. The topological polar surface area (TPSA) is 39.7 Å².